The van der Waals surface area contributed by atoms with Gasteiger partial charge >= 0.3 is 6.18 Å². The van der Waals surface area contributed by atoms with Gasteiger partial charge in [0.05, 0.1) is 5.56 Å². The second-order valence-corrected chi connectivity index (χ2v) is 3.56. The zero-order valence-corrected chi connectivity index (χ0v) is 8.91. The Hall–Kier alpha value is -0.740. The Balaban J connectivity index is 2.95. The summed E-state index contributed by atoms with van der Waals surface area (Å²) in [5, 5.41) is 3.24. The van der Waals surface area contributed by atoms with E-state index in [4.69, 9.17) is 11.6 Å². The summed E-state index contributed by atoms with van der Waals surface area (Å²) in [5.74, 6) is 0. The average molecular weight is 238 g/mol. The van der Waals surface area contributed by atoms with Crippen molar-refractivity contribution in [3.8, 4) is 0 Å². The van der Waals surface area contributed by atoms with E-state index in [1.807, 2.05) is 0 Å². The molecule has 0 saturated heterocycles. The first-order valence-electron chi connectivity index (χ1n) is 4.45. The van der Waals surface area contributed by atoms with E-state index >= 15 is 0 Å². The molecule has 0 amide bonds. The van der Waals surface area contributed by atoms with E-state index in [1.54, 1.807) is 7.05 Å². The summed E-state index contributed by atoms with van der Waals surface area (Å²) < 4.78 is 37.1. The van der Waals surface area contributed by atoms with E-state index in [0.29, 0.717) is 23.6 Å². The summed E-state index contributed by atoms with van der Waals surface area (Å²) in [5.41, 5.74) is -0.140. The molecule has 15 heavy (non-hydrogen) atoms. The average Bonchev–Trinajstić information content (AvgIpc) is 2.15. The molecule has 0 unspecified atom stereocenters. The fourth-order valence-corrected chi connectivity index (χ4v) is 1.41. The van der Waals surface area contributed by atoms with Crippen molar-refractivity contribution in [2.24, 2.45) is 0 Å². The Kier molecular flexibility index (Phi) is 3.99. The Morgan fingerprint density at radius 3 is 2.53 bits per heavy atom. The highest BCUT2D eigenvalue weighted by Gasteiger charge is 2.30. The van der Waals surface area contributed by atoms with Crippen molar-refractivity contribution in [1.82, 2.24) is 5.32 Å². The number of nitrogens with one attached hydrogen (secondary N) is 1. The van der Waals surface area contributed by atoms with Crippen molar-refractivity contribution in [3.63, 3.8) is 0 Å². The van der Waals surface area contributed by atoms with Crippen molar-refractivity contribution >= 4 is 11.6 Å². The molecule has 1 rings (SSSR count). The lowest BCUT2D eigenvalue weighted by Crippen LogP contribution is -2.12. The van der Waals surface area contributed by atoms with E-state index in [-0.39, 0.29) is 0 Å². The lowest BCUT2D eigenvalue weighted by molar-refractivity contribution is -0.137. The molecule has 0 atom stereocenters. The quantitative estimate of drug-likeness (QED) is 0.852. The molecule has 1 aromatic carbocycles. The predicted octanol–water partition coefficient (Wildman–Crippen LogP) is 3.12. The van der Waals surface area contributed by atoms with Crippen molar-refractivity contribution in [3.05, 3.63) is 34.3 Å². The van der Waals surface area contributed by atoms with E-state index in [2.05, 4.69) is 5.32 Å². The summed E-state index contributed by atoms with van der Waals surface area (Å²) in [7, 11) is 1.74. The highest BCUT2D eigenvalue weighted by Crippen LogP contribution is 2.31. The number of rotatable bonds is 3. The summed E-state index contributed by atoms with van der Waals surface area (Å²) in [6.45, 7) is 0.598. The molecule has 1 N–H and O–H groups in total. The molecule has 0 aliphatic carbocycles. The van der Waals surface area contributed by atoms with Crippen molar-refractivity contribution in [2.75, 3.05) is 13.6 Å². The minimum Gasteiger partial charge on any atom is -0.319 e. The second kappa shape index (κ2) is 4.86. The number of hydrogen-bond donors (Lipinski definition) is 1. The highest BCUT2D eigenvalue weighted by atomic mass is 35.5. The molecule has 0 fully saturated rings. The van der Waals surface area contributed by atoms with E-state index < -0.39 is 11.7 Å². The second-order valence-electron chi connectivity index (χ2n) is 3.16. The summed E-state index contributed by atoms with van der Waals surface area (Å²) in [4.78, 5) is 0. The summed E-state index contributed by atoms with van der Waals surface area (Å²) >= 11 is 5.79. The number of halogens is 4. The molecule has 84 valence electrons. The van der Waals surface area contributed by atoms with Crippen LogP contribution in [-0.4, -0.2) is 13.6 Å². The first-order chi connectivity index (χ1) is 6.95. The SMILES string of the molecule is CNCCc1cc(C(F)(F)F)ccc1Cl. The Morgan fingerprint density at radius 2 is 2.00 bits per heavy atom. The maximum atomic E-state index is 12.4. The molecule has 0 aliphatic rings. The minimum absolute atomic E-state index is 0.373. The largest absolute Gasteiger partial charge is 0.416 e. The van der Waals surface area contributed by atoms with Gasteiger partial charge in [-0.15, -0.1) is 0 Å². The highest BCUT2D eigenvalue weighted by molar-refractivity contribution is 6.31. The van der Waals surface area contributed by atoms with Crippen LogP contribution in [0.25, 0.3) is 0 Å². The third-order valence-corrected chi connectivity index (χ3v) is 2.39. The van der Waals surface area contributed by atoms with Gasteiger partial charge in [-0.1, -0.05) is 11.6 Å². The van der Waals surface area contributed by atoms with Crippen LogP contribution >= 0.6 is 11.6 Å². The Morgan fingerprint density at radius 1 is 1.33 bits per heavy atom. The zero-order chi connectivity index (χ0) is 11.5. The normalized spacial score (nSPS) is 11.8. The van der Waals surface area contributed by atoms with E-state index in [9.17, 15) is 13.2 Å². The van der Waals surface area contributed by atoms with Crippen molar-refractivity contribution in [2.45, 2.75) is 12.6 Å². The van der Waals surface area contributed by atoms with Gasteiger partial charge < -0.3 is 5.32 Å². The molecule has 0 saturated carbocycles. The number of benzene rings is 1. The first kappa shape index (κ1) is 12.3. The van der Waals surface area contributed by atoms with E-state index in [0.717, 1.165) is 12.1 Å². The smallest absolute Gasteiger partial charge is 0.319 e. The fourth-order valence-electron chi connectivity index (χ4n) is 1.20. The summed E-state index contributed by atoms with van der Waals surface area (Å²) in [6.07, 6.45) is -3.82. The molecule has 5 heteroatoms. The molecule has 1 aromatic rings. The van der Waals surface area contributed by atoms with Crippen LogP contribution in [0.15, 0.2) is 18.2 Å². The van der Waals surface area contributed by atoms with Crippen LogP contribution in [0.5, 0.6) is 0 Å². The maximum absolute atomic E-state index is 12.4. The molecular formula is C10H11ClF3N. The number of alkyl halides is 3. The maximum Gasteiger partial charge on any atom is 0.416 e. The predicted molar refractivity (Wildman–Crippen MR) is 54.1 cm³/mol. The third-order valence-electron chi connectivity index (χ3n) is 2.02. The van der Waals surface area contributed by atoms with Crippen LogP contribution in [0, 0.1) is 0 Å². The van der Waals surface area contributed by atoms with Gasteiger partial charge in [-0.3, -0.25) is 0 Å². The molecule has 0 aromatic heterocycles. The molecule has 0 aliphatic heterocycles. The third kappa shape index (κ3) is 3.39. The lowest BCUT2D eigenvalue weighted by atomic mass is 10.1. The zero-order valence-electron chi connectivity index (χ0n) is 8.16. The molecule has 0 radical (unpaired) electrons. The van der Waals surface area contributed by atoms with Gasteiger partial charge in [0, 0.05) is 5.02 Å². The molecule has 0 heterocycles. The molecule has 1 nitrogen and oxygen atoms in total. The van der Waals surface area contributed by atoms with Crippen LogP contribution in [0.2, 0.25) is 5.02 Å². The van der Waals surface area contributed by atoms with Crippen molar-refractivity contribution in [1.29, 1.82) is 0 Å². The van der Waals surface area contributed by atoms with Crippen LogP contribution in [-0.2, 0) is 12.6 Å². The topological polar surface area (TPSA) is 12.0 Å². The van der Waals surface area contributed by atoms with Gasteiger partial charge in [-0.05, 0) is 43.8 Å². The standard InChI is InChI=1S/C10H11ClF3N/c1-15-5-4-7-6-8(10(12,13)14)2-3-9(7)11/h2-3,6,15H,4-5H2,1H3. The van der Waals surface area contributed by atoms with Gasteiger partial charge in [-0.25, -0.2) is 0 Å². The van der Waals surface area contributed by atoms with E-state index in [1.165, 1.54) is 6.07 Å². The fraction of sp³-hybridized carbons (Fsp3) is 0.400. The van der Waals surface area contributed by atoms with Crippen LogP contribution < -0.4 is 5.32 Å². The Bertz CT molecular complexity index is 336. The van der Waals surface area contributed by atoms with Crippen LogP contribution in [0.1, 0.15) is 11.1 Å². The molecular weight excluding hydrogens is 227 g/mol. The van der Waals surface area contributed by atoms with Crippen LogP contribution in [0.3, 0.4) is 0 Å². The van der Waals surface area contributed by atoms with Gasteiger partial charge in [-0.2, -0.15) is 13.2 Å². The first-order valence-corrected chi connectivity index (χ1v) is 4.83. The summed E-state index contributed by atoms with van der Waals surface area (Å²) in [6, 6.07) is 3.38. The Labute approximate surface area is 91.2 Å². The van der Waals surface area contributed by atoms with Gasteiger partial charge in [0.25, 0.3) is 0 Å². The van der Waals surface area contributed by atoms with Crippen LogP contribution in [0.4, 0.5) is 13.2 Å². The molecule has 0 spiro atoms. The minimum atomic E-state index is -4.31. The monoisotopic (exact) mass is 237 g/mol. The van der Waals surface area contributed by atoms with Gasteiger partial charge in [0.1, 0.15) is 0 Å². The molecule has 0 bridgehead atoms. The van der Waals surface area contributed by atoms with Crippen molar-refractivity contribution < 1.29 is 13.2 Å². The van der Waals surface area contributed by atoms with Gasteiger partial charge in [0.15, 0.2) is 0 Å². The number of likely N-dealkylation sites (N-methyl/N-ethyl adjacent to an activating group) is 1. The number of hydrogen-bond acceptors (Lipinski definition) is 1. The van der Waals surface area contributed by atoms with Gasteiger partial charge in [0.2, 0.25) is 0 Å². The lowest BCUT2D eigenvalue weighted by Gasteiger charge is -2.10.